The fraction of sp³-hybridized carbons (Fsp3) is 0.300. The highest BCUT2D eigenvalue weighted by molar-refractivity contribution is 6.30. The molecule has 0 aliphatic heterocycles. The Balaban J connectivity index is 1.52. The third-order valence-electron chi connectivity index (χ3n) is 6.95. The highest BCUT2D eigenvalue weighted by Gasteiger charge is 2.41. The van der Waals surface area contributed by atoms with Crippen LogP contribution in [0.1, 0.15) is 71.9 Å². The predicted octanol–water partition coefficient (Wildman–Crippen LogP) is 7.15. The Morgan fingerprint density at radius 3 is 2.18 bits per heavy atom. The van der Waals surface area contributed by atoms with Gasteiger partial charge in [0.2, 0.25) is 0 Å². The molecule has 5 rings (SSSR count). The lowest BCUT2D eigenvalue weighted by Crippen LogP contribution is -2.16. The quantitative estimate of drug-likeness (QED) is 0.267. The minimum Gasteiger partial charge on any atom is -0.493 e. The number of hydrogen-bond acceptors (Lipinski definition) is 4. The Hall–Kier alpha value is -3.53. The van der Waals surface area contributed by atoms with E-state index in [4.69, 9.17) is 9.72 Å². The number of ketones is 2. The number of benzene rings is 3. The largest absolute Gasteiger partial charge is 0.493 e. The molecule has 34 heavy (non-hydrogen) atoms. The van der Waals surface area contributed by atoms with Crippen LogP contribution in [0.15, 0.2) is 66.7 Å². The average molecular weight is 452 g/mol. The van der Waals surface area contributed by atoms with E-state index in [9.17, 15) is 9.59 Å². The van der Waals surface area contributed by atoms with Gasteiger partial charge in [-0.1, -0.05) is 69.5 Å². The SMILES string of the molecule is CCCCC(CC)COc1cc(C2C(=O)c3cc4ccccc4cc3C2=O)nc2ccccc12. The molecule has 0 spiro atoms. The van der Waals surface area contributed by atoms with E-state index >= 15 is 0 Å². The number of Topliss-reactive ketones (excluding diaryl/α,β-unsaturated/α-hetero) is 2. The van der Waals surface area contributed by atoms with Gasteiger partial charge in [-0.05, 0) is 47.4 Å². The maximum absolute atomic E-state index is 13.4. The van der Waals surface area contributed by atoms with Gasteiger partial charge in [-0.3, -0.25) is 14.6 Å². The molecule has 3 aromatic carbocycles. The van der Waals surface area contributed by atoms with Crippen molar-refractivity contribution in [3.05, 3.63) is 83.6 Å². The molecule has 4 aromatic rings. The van der Waals surface area contributed by atoms with Crippen molar-refractivity contribution in [1.29, 1.82) is 0 Å². The van der Waals surface area contributed by atoms with Crippen LogP contribution < -0.4 is 4.74 Å². The van der Waals surface area contributed by atoms with Crippen LogP contribution in [0.2, 0.25) is 0 Å². The topological polar surface area (TPSA) is 56.3 Å². The van der Waals surface area contributed by atoms with Crippen molar-refractivity contribution >= 4 is 33.2 Å². The van der Waals surface area contributed by atoms with Crippen molar-refractivity contribution in [3.63, 3.8) is 0 Å². The molecule has 0 amide bonds. The van der Waals surface area contributed by atoms with Gasteiger partial charge in [-0.15, -0.1) is 0 Å². The molecule has 0 fully saturated rings. The first kappa shape index (κ1) is 22.3. The molecule has 1 heterocycles. The number of nitrogens with zero attached hydrogens (tertiary/aromatic N) is 1. The number of hydrogen-bond donors (Lipinski definition) is 0. The molecular weight excluding hydrogens is 422 g/mol. The molecule has 0 radical (unpaired) electrons. The zero-order chi connectivity index (χ0) is 23.7. The van der Waals surface area contributed by atoms with E-state index in [1.165, 1.54) is 12.8 Å². The van der Waals surface area contributed by atoms with Crippen molar-refractivity contribution in [1.82, 2.24) is 4.98 Å². The summed E-state index contributed by atoms with van der Waals surface area (Å²) in [6, 6.07) is 21.0. The van der Waals surface area contributed by atoms with Crippen molar-refractivity contribution in [2.24, 2.45) is 5.92 Å². The Morgan fingerprint density at radius 2 is 1.53 bits per heavy atom. The minimum atomic E-state index is -0.930. The zero-order valence-corrected chi connectivity index (χ0v) is 19.7. The lowest BCUT2D eigenvalue weighted by Gasteiger charge is -2.18. The van der Waals surface area contributed by atoms with Crippen molar-refractivity contribution in [2.75, 3.05) is 6.61 Å². The van der Waals surface area contributed by atoms with Crippen LogP contribution in [0.5, 0.6) is 5.75 Å². The molecule has 0 N–H and O–H groups in total. The number of pyridine rings is 1. The monoisotopic (exact) mass is 451 g/mol. The molecule has 1 aromatic heterocycles. The molecule has 0 bridgehead atoms. The van der Waals surface area contributed by atoms with Gasteiger partial charge in [0.1, 0.15) is 11.7 Å². The Morgan fingerprint density at radius 1 is 0.882 bits per heavy atom. The minimum absolute atomic E-state index is 0.186. The molecule has 0 saturated heterocycles. The lowest BCUT2D eigenvalue weighted by molar-refractivity contribution is 0.0888. The summed E-state index contributed by atoms with van der Waals surface area (Å²) in [5.74, 6) is -0.136. The number of rotatable bonds is 8. The van der Waals surface area contributed by atoms with Crippen molar-refractivity contribution in [2.45, 2.75) is 45.4 Å². The molecular formula is C30H29NO3. The molecule has 4 heteroatoms. The van der Waals surface area contributed by atoms with Gasteiger partial charge in [0.15, 0.2) is 11.6 Å². The molecule has 1 unspecified atom stereocenters. The van der Waals surface area contributed by atoms with Crippen molar-refractivity contribution in [3.8, 4) is 5.75 Å². The van der Waals surface area contributed by atoms with Gasteiger partial charge in [0, 0.05) is 22.6 Å². The van der Waals surface area contributed by atoms with E-state index < -0.39 is 5.92 Å². The second kappa shape index (κ2) is 9.38. The third kappa shape index (κ3) is 3.98. The lowest BCUT2D eigenvalue weighted by atomic mass is 9.97. The van der Waals surface area contributed by atoms with E-state index in [2.05, 4.69) is 13.8 Å². The maximum atomic E-state index is 13.4. The smallest absolute Gasteiger partial charge is 0.180 e. The first-order chi connectivity index (χ1) is 16.6. The second-order valence-electron chi connectivity index (χ2n) is 9.20. The number of ether oxygens (including phenoxy) is 1. The molecule has 0 saturated carbocycles. The first-order valence-electron chi connectivity index (χ1n) is 12.2. The fourth-order valence-corrected chi connectivity index (χ4v) is 4.88. The summed E-state index contributed by atoms with van der Waals surface area (Å²) in [6.07, 6.45) is 4.53. The maximum Gasteiger partial charge on any atom is 0.180 e. The second-order valence-corrected chi connectivity index (χ2v) is 9.20. The molecule has 1 aliphatic rings. The van der Waals surface area contributed by atoms with Gasteiger partial charge in [-0.2, -0.15) is 0 Å². The van der Waals surface area contributed by atoms with Crippen LogP contribution in [0.3, 0.4) is 0 Å². The van der Waals surface area contributed by atoms with Crippen LogP contribution in [-0.4, -0.2) is 23.2 Å². The average Bonchev–Trinajstić information content (AvgIpc) is 3.11. The Bertz CT molecular complexity index is 1340. The number of para-hydroxylation sites is 1. The number of carbonyl (C=O) groups excluding carboxylic acids is 2. The Kier molecular flexibility index (Phi) is 6.14. The molecule has 4 nitrogen and oxygen atoms in total. The number of carbonyl (C=O) groups is 2. The van der Waals surface area contributed by atoms with Gasteiger partial charge in [-0.25, -0.2) is 0 Å². The Labute approximate surface area is 200 Å². The predicted molar refractivity (Wildman–Crippen MR) is 136 cm³/mol. The van der Waals surface area contributed by atoms with E-state index in [0.717, 1.165) is 34.5 Å². The zero-order valence-electron chi connectivity index (χ0n) is 19.7. The fourth-order valence-electron chi connectivity index (χ4n) is 4.88. The van der Waals surface area contributed by atoms with E-state index in [-0.39, 0.29) is 11.6 Å². The van der Waals surface area contributed by atoms with Gasteiger partial charge >= 0.3 is 0 Å². The molecule has 1 aliphatic carbocycles. The summed E-state index contributed by atoms with van der Waals surface area (Å²) in [4.78, 5) is 31.6. The summed E-state index contributed by atoms with van der Waals surface area (Å²) in [6.45, 7) is 5.01. The van der Waals surface area contributed by atoms with Gasteiger partial charge in [0.25, 0.3) is 0 Å². The van der Waals surface area contributed by atoms with E-state index in [0.29, 0.717) is 35.1 Å². The standard InChI is InChI=1S/C30H29NO3/c1-3-5-10-19(4-2)18-34-27-17-26(31-25-14-9-8-13-22(25)27)28-29(32)23-15-20-11-6-7-12-21(20)16-24(23)30(28)33/h6-9,11-17,19,28H,3-5,10,18H2,1-2H3. The first-order valence-corrected chi connectivity index (χ1v) is 12.2. The van der Waals surface area contributed by atoms with Gasteiger partial charge < -0.3 is 4.74 Å². The van der Waals surface area contributed by atoms with E-state index in [1.807, 2.05) is 60.7 Å². The third-order valence-corrected chi connectivity index (χ3v) is 6.95. The van der Waals surface area contributed by atoms with Crippen molar-refractivity contribution < 1.29 is 14.3 Å². The molecule has 172 valence electrons. The normalized spacial score (nSPS) is 14.6. The summed E-state index contributed by atoms with van der Waals surface area (Å²) in [7, 11) is 0. The van der Waals surface area contributed by atoms with Crippen LogP contribution in [0, 0.1) is 5.92 Å². The highest BCUT2D eigenvalue weighted by atomic mass is 16.5. The van der Waals surface area contributed by atoms with Gasteiger partial charge in [0.05, 0.1) is 17.8 Å². The molecule has 1 atom stereocenters. The summed E-state index contributed by atoms with van der Waals surface area (Å²) in [5.41, 5.74) is 2.16. The summed E-state index contributed by atoms with van der Waals surface area (Å²) in [5, 5.41) is 2.81. The van der Waals surface area contributed by atoms with Crippen LogP contribution in [-0.2, 0) is 0 Å². The van der Waals surface area contributed by atoms with Crippen LogP contribution in [0.25, 0.3) is 21.7 Å². The van der Waals surface area contributed by atoms with E-state index in [1.54, 1.807) is 6.07 Å². The van der Waals surface area contributed by atoms with Crippen LogP contribution in [0.4, 0.5) is 0 Å². The summed E-state index contributed by atoms with van der Waals surface area (Å²) < 4.78 is 6.32. The summed E-state index contributed by atoms with van der Waals surface area (Å²) >= 11 is 0. The number of aromatic nitrogens is 1. The van der Waals surface area contributed by atoms with Crippen LogP contribution >= 0.6 is 0 Å². The number of fused-ring (bicyclic) bond motifs is 3. The number of unbranched alkanes of at least 4 members (excludes halogenated alkanes) is 1. The highest BCUT2D eigenvalue weighted by Crippen LogP contribution is 2.38.